The van der Waals surface area contributed by atoms with Crippen LogP contribution in [-0.2, 0) is 10.0 Å². The molecule has 0 saturated carbocycles. The maximum absolute atomic E-state index is 12.6. The second-order valence-electron chi connectivity index (χ2n) is 6.17. The van der Waals surface area contributed by atoms with Gasteiger partial charge in [0.2, 0.25) is 10.0 Å². The first-order valence-electron chi connectivity index (χ1n) is 8.47. The minimum atomic E-state index is -3.70. The van der Waals surface area contributed by atoms with E-state index >= 15 is 0 Å². The van der Waals surface area contributed by atoms with Gasteiger partial charge in [0, 0.05) is 13.1 Å². The van der Waals surface area contributed by atoms with Crippen LogP contribution in [0.25, 0.3) is 0 Å². The Morgan fingerprint density at radius 3 is 2.48 bits per heavy atom. The van der Waals surface area contributed by atoms with Crippen LogP contribution >= 0.6 is 11.6 Å². The summed E-state index contributed by atoms with van der Waals surface area (Å²) in [6.07, 6.45) is 0. The highest BCUT2D eigenvalue weighted by molar-refractivity contribution is 7.89. The van der Waals surface area contributed by atoms with Crippen LogP contribution in [0.1, 0.15) is 24.2 Å². The zero-order valence-electron chi connectivity index (χ0n) is 15.5. The number of benzene rings is 2. The molecule has 0 bridgehead atoms. The van der Waals surface area contributed by atoms with Gasteiger partial charge in [0.25, 0.3) is 5.91 Å². The van der Waals surface area contributed by atoms with Crippen molar-refractivity contribution in [2.75, 3.05) is 20.2 Å². The van der Waals surface area contributed by atoms with E-state index in [0.717, 1.165) is 0 Å². The fourth-order valence-corrected chi connectivity index (χ4v) is 3.83. The summed E-state index contributed by atoms with van der Waals surface area (Å²) in [6.45, 7) is 4.08. The first-order valence-corrected chi connectivity index (χ1v) is 10.3. The fourth-order valence-electron chi connectivity index (χ4n) is 2.23. The highest BCUT2D eigenvalue weighted by atomic mass is 35.5. The number of sulfonamides is 1. The van der Waals surface area contributed by atoms with Gasteiger partial charge in [0.1, 0.15) is 12.4 Å². The van der Waals surface area contributed by atoms with Crippen molar-refractivity contribution in [3.63, 3.8) is 0 Å². The molecule has 0 saturated heterocycles. The predicted molar refractivity (Wildman–Crippen MR) is 106 cm³/mol. The summed E-state index contributed by atoms with van der Waals surface area (Å²) in [6, 6.07) is 13.1. The number of nitrogens with zero attached hydrogens (tertiary/aromatic N) is 1. The Morgan fingerprint density at radius 1 is 1.19 bits per heavy atom. The Hall–Kier alpha value is -2.09. The minimum absolute atomic E-state index is 0.0220. The number of carbonyl (C=O) groups excluding carboxylic acids is 1. The zero-order valence-corrected chi connectivity index (χ0v) is 17.0. The molecule has 0 spiro atoms. The lowest BCUT2D eigenvalue weighted by Crippen LogP contribution is -2.33. The smallest absolute Gasteiger partial charge is 0.252 e. The van der Waals surface area contributed by atoms with E-state index in [1.807, 2.05) is 30.3 Å². The van der Waals surface area contributed by atoms with Crippen LogP contribution in [0.2, 0.25) is 5.02 Å². The van der Waals surface area contributed by atoms with E-state index < -0.39 is 15.9 Å². The molecular formula is C19H23ClN2O4S. The SMILES string of the molecule is CC(C)N(C)S(=O)(=O)c1ccc(Cl)c(C(=O)NCCOc2ccccc2)c1. The molecule has 0 aliphatic carbocycles. The van der Waals surface area contributed by atoms with Crippen LogP contribution in [0.4, 0.5) is 0 Å². The molecule has 0 fully saturated rings. The van der Waals surface area contributed by atoms with E-state index in [1.165, 1.54) is 29.6 Å². The number of rotatable bonds is 8. The van der Waals surface area contributed by atoms with Gasteiger partial charge in [-0.15, -0.1) is 0 Å². The monoisotopic (exact) mass is 410 g/mol. The molecule has 0 aromatic heterocycles. The van der Waals surface area contributed by atoms with Gasteiger partial charge in [-0.3, -0.25) is 4.79 Å². The lowest BCUT2D eigenvalue weighted by molar-refractivity contribution is 0.0947. The predicted octanol–water partition coefficient (Wildman–Crippen LogP) is 3.18. The van der Waals surface area contributed by atoms with Crippen molar-refractivity contribution < 1.29 is 17.9 Å². The lowest BCUT2D eigenvalue weighted by Gasteiger charge is -2.21. The zero-order chi connectivity index (χ0) is 20.0. The van der Waals surface area contributed by atoms with Crippen LogP contribution < -0.4 is 10.1 Å². The number of hydrogen-bond donors (Lipinski definition) is 1. The number of ether oxygens (including phenoxy) is 1. The molecule has 0 heterocycles. The van der Waals surface area contributed by atoms with Crippen LogP contribution in [-0.4, -0.2) is 44.9 Å². The molecule has 2 rings (SSSR count). The van der Waals surface area contributed by atoms with Gasteiger partial charge in [0.05, 0.1) is 22.0 Å². The topological polar surface area (TPSA) is 75.7 Å². The second-order valence-corrected chi connectivity index (χ2v) is 8.58. The molecule has 2 aromatic rings. The highest BCUT2D eigenvalue weighted by Crippen LogP contribution is 2.23. The molecule has 0 radical (unpaired) electrons. The summed E-state index contributed by atoms with van der Waals surface area (Å²) < 4.78 is 32.0. The highest BCUT2D eigenvalue weighted by Gasteiger charge is 2.25. The Labute approximate surface area is 165 Å². The number of carbonyl (C=O) groups is 1. The standard InChI is InChI=1S/C19H23ClN2O4S/c1-14(2)22(3)27(24,25)16-9-10-18(20)17(13-16)19(23)21-11-12-26-15-7-5-4-6-8-15/h4-10,13-14H,11-12H2,1-3H3,(H,21,23). The van der Waals surface area contributed by atoms with Crippen molar-refractivity contribution >= 4 is 27.5 Å². The van der Waals surface area contributed by atoms with E-state index in [-0.39, 0.29) is 34.7 Å². The molecule has 1 N–H and O–H groups in total. The molecule has 0 aliphatic heterocycles. The van der Waals surface area contributed by atoms with Gasteiger partial charge in [-0.05, 0) is 44.2 Å². The number of halogens is 1. The van der Waals surface area contributed by atoms with Crippen molar-refractivity contribution in [1.82, 2.24) is 9.62 Å². The van der Waals surface area contributed by atoms with E-state index in [1.54, 1.807) is 13.8 Å². The molecule has 8 heteroatoms. The number of nitrogens with one attached hydrogen (secondary N) is 1. The third-order valence-corrected chi connectivity index (χ3v) is 6.35. The van der Waals surface area contributed by atoms with E-state index in [2.05, 4.69) is 5.32 Å². The van der Waals surface area contributed by atoms with Gasteiger partial charge in [0.15, 0.2) is 0 Å². The van der Waals surface area contributed by atoms with Gasteiger partial charge in [-0.25, -0.2) is 8.42 Å². The maximum Gasteiger partial charge on any atom is 0.252 e. The molecule has 0 atom stereocenters. The molecule has 1 amide bonds. The van der Waals surface area contributed by atoms with Gasteiger partial charge in [-0.1, -0.05) is 29.8 Å². The summed E-state index contributed by atoms with van der Waals surface area (Å²) in [5.41, 5.74) is 0.106. The van der Waals surface area contributed by atoms with Crippen molar-refractivity contribution in [3.8, 4) is 5.75 Å². The molecule has 2 aromatic carbocycles. The first kappa shape index (κ1) is 21.2. The average Bonchev–Trinajstić information content (AvgIpc) is 2.65. The normalized spacial score (nSPS) is 11.6. The second kappa shape index (κ2) is 9.21. The van der Waals surface area contributed by atoms with E-state index in [0.29, 0.717) is 5.75 Å². The summed E-state index contributed by atoms with van der Waals surface area (Å²) in [4.78, 5) is 12.4. The largest absolute Gasteiger partial charge is 0.492 e. The summed E-state index contributed by atoms with van der Waals surface area (Å²) in [5.74, 6) is 0.246. The Kier molecular flexibility index (Phi) is 7.24. The third kappa shape index (κ3) is 5.45. The number of para-hydroxylation sites is 1. The van der Waals surface area contributed by atoms with Crippen molar-refractivity contribution in [2.24, 2.45) is 0 Å². The lowest BCUT2D eigenvalue weighted by atomic mass is 10.2. The van der Waals surface area contributed by atoms with Gasteiger partial charge < -0.3 is 10.1 Å². The van der Waals surface area contributed by atoms with Gasteiger partial charge in [-0.2, -0.15) is 4.31 Å². The van der Waals surface area contributed by atoms with Crippen molar-refractivity contribution in [3.05, 3.63) is 59.1 Å². The Bertz CT molecular complexity index is 886. The van der Waals surface area contributed by atoms with E-state index in [9.17, 15) is 13.2 Å². The molecule has 27 heavy (non-hydrogen) atoms. The number of hydrogen-bond acceptors (Lipinski definition) is 4. The average molecular weight is 411 g/mol. The van der Waals surface area contributed by atoms with Crippen LogP contribution in [0.3, 0.4) is 0 Å². The third-order valence-electron chi connectivity index (χ3n) is 3.99. The van der Waals surface area contributed by atoms with Crippen LogP contribution in [0.5, 0.6) is 5.75 Å². The summed E-state index contributed by atoms with van der Waals surface area (Å²) in [5, 5.41) is 2.87. The van der Waals surface area contributed by atoms with Crippen LogP contribution in [0, 0.1) is 0 Å². The Balaban J connectivity index is 2.05. The fraction of sp³-hybridized carbons (Fsp3) is 0.316. The molecular weight excluding hydrogens is 388 g/mol. The van der Waals surface area contributed by atoms with Gasteiger partial charge >= 0.3 is 0 Å². The maximum atomic E-state index is 12.6. The van der Waals surface area contributed by atoms with E-state index in [4.69, 9.17) is 16.3 Å². The van der Waals surface area contributed by atoms with Crippen LogP contribution in [0.15, 0.2) is 53.4 Å². The molecule has 6 nitrogen and oxygen atoms in total. The minimum Gasteiger partial charge on any atom is -0.492 e. The van der Waals surface area contributed by atoms with Crippen molar-refractivity contribution in [1.29, 1.82) is 0 Å². The molecule has 0 unspecified atom stereocenters. The summed E-state index contributed by atoms with van der Waals surface area (Å²) in [7, 11) is -2.21. The molecule has 146 valence electrons. The first-order chi connectivity index (χ1) is 12.7. The van der Waals surface area contributed by atoms with Crippen molar-refractivity contribution in [2.45, 2.75) is 24.8 Å². The summed E-state index contributed by atoms with van der Waals surface area (Å²) >= 11 is 6.09. The number of amides is 1. The Morgan fingerprint density at radius 2 is 1.85 bits per heavy atom. The quantitative estimate of drug-likeness (QED) is 0.678. The molecule has 0 aliphatic rings.